The molecule has 0 aliphatic heterocycles. The van der Waals surface area contributed by atoms with Gasteiger partial charge in [-0.3, -0.25) is 9.69 Å². The van der Waals surface area contributed by atoms with Gasteiger partial charge in [-0.15, -0.1) is 0 Å². The van der Waals surface area contributed by atoms with Crippen molar-refractivity contribution in [3.05, 3.63) is 64.1 Å². The Labute approximate surface area is 152 Å². The second-order valence-corrected chi connectivity index (χ2v) is 6.95. The Morgan fingerprint density at radius 1 is 1.12 bits per heavy atom. The molecule has 0 spiro atoms. The van der Waals surface area contributed by atoms with Crippen LogP contribution in [-0.2, 0) is 11.3 Å². The highest BCUT2D eigenvalue weighted by atomic mass is 35.5. The van der Waals surface area contributed by atoms with Crippen LogP contribution in [0, 0.1) is 0 Å². The van der Waals surface area contributed by atoms with E-state index in [0.29, 0.717) is 28.2 Å². The van der Waals surface area contributed by atoms with Crippen LogP contribution in [-0.4, -0.2) is 23.4 Å². The number of anilines is 1. The standard InChI is InChI=1S/C19H20Cl2N2O/c20-15-6-9-17(21)18(12-15)22-19(24)10-11-23(16-7-8-16)13-14-4-2-1-3-5-14/h1-6,9,12,16H,7-8,10-11,13H2,(H,22,24). The number of nitrogens with zero attached hydrogens (tertiary/aromatic N) is 1. The first-order valence-electron chi connectivity index (χ1n) is 8.15. The van der Waals surface area contributed by atoms with Crippen LogP contribution in [0.3, 0.4) is 0 Å². The van der Waals surface area contributed by atoms with Crippen LogP contribution in [0.5, 0.6) is 0 Å². The summed E-state index contributed by atoms with van der Waals surface area (Å²) in [6.07, 6.45) is 2.87. The minimum Gasteiger partial charge on any atom is -0.325 e. The molecule has 1 aliphatic rings. The predicted molar refractivity (Wildman–Crippen MR) is 99.6 cm³/mol. The fourth-order valence-electron chi connectivity index (χ4n) is 2.70. The van der Waals surface area contributed by atoms with Gasteiger partial charge in [0.15, 0.2) is 0 Å². The molecule has 1 N–H and O–H groups in total. The molecule has 1 aliphatic carbocycles. The monoisotopic (exact) mass is 362 g/mol. The van der Waals surface area contributed by atoms with Crippen LogP contribution in [0.2, 0.25) is 10.0 Å². The van der Waals surface area contributed by atoms with E-state index in [1.165, 1.54) is 18.4 Å². The molecule has 0 radical (unpaired) electrons. The minimum absolute atomic E-state index is 0.0436. The van der Waals surface area contributed by atoms with E-state index in [2.05, 4.69) is 22.3 Å². The number of benzene rings is 2. The summed E-state index contributed by atoms with van der Waals surface area (Å²) in [5.41, 5.74) is 1.85. The molecule has 3 rings (SSSR count). The van der Waals surface area contributed by atoms with E-state index in [9.17, 15) is 4.79 Å². The topological polar surface area (TPSA) is 32.3 Å². The van der Waals surface area contributed by atoms with Crippen molar-refractivity contribution in [3.63, 3.8) is 0 Å². The van der Waals surface area contributed by atoms with Crippen molar-refractivity contribution in [2.45, 2.75) is 31.8 Å². The quantitative estimate of drug-likeness (QED) is 0.752. The molecule has 0 bridgehead atoms. The van der Waals surface area contributed by atoms with E-state index in [1.54, 1.807) is 18.2 Å². The highest BCUT2D eigenvalue weighted by Crippen LogP contribution is 2.29. The molecule has 5 heteroatoms. The van der Waals surface area contributed by atoms with Crippen molar-refractivity contribution in [1.82, 2.24) is 4.90 Å². The Kier molecular flexibility index (Phi) is 5.77. The normalized spacial score (nSPS) is 14.0. The first-order chi connectivity index (χ1) is 11.6. The van der Waals surface area contributed by atoms with Crippen LogP contribution < -0.4 is 5.32 Å². The van der Waals surface area contributed by atoms with Gasteiger partial charge in [-0.1, -0.05) is 53.5 Å². The highest BCUT2D eigenvalue weighted by molar-refractivity contribution is 6.35. The van der Waals surface area contributed by atoms with Crippen molar-refractivity contribution >= 4 is 34.8 Å². The predicted octanol–water partition coefficient (Wildman–Crippen LogP) is 4.99. The van der Waals surface area contributed by atoms with E-state index in [4.69, 9.17) is 23.2 Å². The van der Waals surface area contributed by atoms with E-state index in [-0.39, 0.29) is 5.91 Å². The van der Waals surface area contributed by atoms with Gasteiger partial charge in [-0.25, -0.2) is 0 Å². The summed E-state index contributed by atoms with van der Waals surface area (Å²) in [4.78, 5) is 14.6. The van der Waals surface area contributed by atoms with E-state index >= 15 is 0 Å². The number of hydrogen-bond donors (Lipinski definition) is 1. The second-order valence-electron chi connectivity index (χ2n) is 6.11. The summed E-state index contributed by atoms with van der Waals surface area (Å²) in [5.74, 6) is -0.0436. The van der Waals surface area contributed by atoms with Gasteiger partial charge in [-0.2, -0.15) is 0 Å². The van der Waals surface area contributed by atoms with Gasteiger partial charge in [0.25, 0.3) is 0 Å². The van der Waals surface area contributed by atoms with Crippen molar-refractivity contribution in [2.24, 2.45) is 0 Å². The highest BCUT2D eigenvalue weighted by Gasteiger charge is 2.29. The van der Waals surface area contributed by atoms with E-state index < -0.39 is 0 Å². The van der Waals surface area contributed by atoms with Crippen LogP contribution >= 0.6 is 23.2 Å². The zero-order valence-electron chi connectivity index (χ0n) is 13.3. The third-order valence-electron chi connectivity index (χ3n) is 4.12. The summed E-state index contributed by atoms with van der Waals surface area (Å²) in [6, 6.07) is 16.0. The number of amides is 1. The molecular formula is C19H20Cl2N2O. The van der Waals surface area contributed by atoms with Crippen LogP contribution in [0.4, 0.5) is 5.69 Å². The maximum absolute atomic E-state index is 12.2. The average Bonchev–Trinajstić information content (AvgIpc) is 3.41. The summed E-state index contributed by atoms with van der Waals surface area (Å²) in [6.45, 7) is 1.63. The Hall–Kier alpha value is -1.55. The van der Waals surface area contributed by atoms with Crippen molar-refractivity contribution in [2.75, 3.05) is 11.9 Å². The van der Waals surface area contributed by atoms with Crippen molar-refractivity contribution in [1.29, 1.82) is 0 Å². The van der Waals surface area contributed by atoms with Gasteiger partial charge < -0.3 is 5.32 Å². The van der Waals surface area contributed by atoms with Crippen LogP contribution in [0.15, 0.2) is 48.5 Å². The van der Waals surface area contributed by atoms with Gasteiger partial charge in [-0.05, 0) is 36.6 Å². The zero-order valence-corrected chi connectivity index (χ0v) is 14.9. The fraction of sp³-hybridized carbons (Fsp3) is 0.316. The van der Waals surface area contributed by atoms with Crippen LogP contribution in [0.1, 0.15) is 24.8 Å². The lowest BCUT2D eigenvalue weighted by Crippen LogP contribution is -2.29. The van der Waals surface area contributed by atoms with Gasteiger partial charge in [0.2, 0.25) is 5.91 Å². The lowest BCUT2D eigenvalue weighted by molar-refractivity contribution is -0.116. The van der Waals surface area contributed by atoms with Gasteiger partial charge >= 0.3 is 0 Å². The second kappa shape index (κ2) is 8.02. The largest absolute Gasteiger partial charge is 0.325 e. The number of rotatable bonds is 7. The number of carbonyl (C=O) groups is 1. The molecule has 3 nitrogen and oxygen atoms in total. The fourth-order valence-corrected chi connectivity index (χ4v) is 3.04. The minimum atomic E-state index is -0.0436. The lowest BCUT2D eigenvalue weighted by atomic mass is 10.2. The van der Waals surface area contributed by atoms with Crippen LogP contribution in [0.25, 0.3) is 0 Å². The summed E-state index contributed by atoms with van der Waals surface area (Å²) < 4.78 is 0. The van der Waals surface area contributed by atoms with E-state index in [0.717, 1.165) is 13.1 Å². The maximum Gasteiger partial charge on any atom is 0.225 e. The van der Waals surface area contributed by atoms with Gasteiger partial charge in [0.05, 0.1) is 10.7 Å². The first kappa shape index (κ1) is 17.3. The van der Waals surface area contributed by atoms with E-state index in [1.807, 2.05) is 18.2 Å². The molecule has 1 saturated carbocycles. The number of carbonyl (C=O) groups excluding carboxylic acids is 1. The molecule has 126 valence electrons. The zero-order chi connectivity index (χ0) is 16.9. The Morgan fingerprint density at radius 3 is 2.58 bits per heavy atom. The summed E-state index contributed by atoms with van der Waals surface area (Å²) in [5, 5.41) is 3.90. The lowest BCUT2D eigenvalue weighted by Gasteiger charge is -2.22. The average molecular weight is 363 g/mol. The van der Waals surface area contributed by atoms with Gasteiger partial charge in [0.1, 0.15) is 0 Å². The molecule has 2 aromatic rings. The van der Waals surface area contributed by atoms with Gasteiger partial charge in [0, 0.05) is 30.6 Å². The Bertz CT molecular complexity index is 702. The third kappa shape index (κ3) is 4.97. The molecule has 0 heterocycles. The molecule has 0 atom stereocenters. The SMILES string of the molecule is O=C(CCN(Cc1ccccc1)C1CC1)Nc1cc(Cl)ccc1Cl. The Morgan fingerprint density at radius 2 is 1.88 bits per heavy atom. The maximum atomic E-state index is 12.2. The molecule has 24 heavy (non-hydrogen) atoms. The number of nitrogens with one attached hydrogen (secondary N) is 1. The third-order valence-corrected chi connectivity index (χ3v) is 4.69. The summed E-state index contributed by atoms with van der Waals surface area (Å²) in [7, 11) is 0. The molecule has 0 unspecified atom stereocenters. The van der Waals surface area contributed by atoms with Crippen molar-refractivity contribution in [3.8, 4) is 0 Å². The molecule has 2 aromatic carbocycles. The molecule has 0 aromatic heterocycles. The smallest absolute Gasteiger partial charge is 0.225 e. The Balaban J connectivity index is 1.54. The molecule has 1 fully saturated rings. The molecular weight excluding hydrogens is 343 g/mol. The first-order valence-corrected chi connectivity index (χ1v) is 8.90. The molecule has 0 saturated heterocycles. The molecule has 1 amide bonds. The number of halogens is 2. The number of hydrogen-bond acceptors (Lipinski definition) is 2. The van der Waals surface area contributed by atoms with Crippen molar-refractivity contribution < 1.29 is 4.79 Å². The summed E-state index contributed by atoms with van der Waals surface area (Å²) >= 11 is 12.0.